The molecule has 1 fully saturated rings. The van der Waals surface area contributed by atoms with Crippen LogP contribution in [0.3, 0.4) is 0 Å². The van der Waals surface area contributed by atoms with Crippen LogP contribution in [0.4, 0.5) is 0 Å². The molecule has 1 rings (SSSR count). The van der Waals surface area contributed by atoms with Gasteiger partial charge in [0.05, 0.1) is 6.04 Å². The smallest absolute Gasteiger partial charge is 0.243 e. The Kier molecular flexibility index (Phi) is 13.5. The number of hydrogen-bond acceptors (Lipinski definition) is 7. The van der Waals surface area contributed by atoms with Crippen LogP contribution in [0.25, 0.3) is 0 Å². The summed E-state index contributed by atoms with van der Waals surface area (Å²) in [6.07, 6.45) is 4.82. The second-order valence-corrected chi connectivity index (χ2v) is 8.80. The van der Waals surface area contributed by atoms with Gasteiger partial charge in [-0.3, -0.25) is 19.2 Å². The summed E-state index contributed by atoms with van der Waals surface area (Å²) < 4.78 is 0. The first-order valence-electron chi connectivity index (χ1n) is 12.0. The summed E-state index contributed by atoms with van der Waals surface area (Å²) in [7, 11) is 0. The molecule has 188 valence electrons. The topological polar surface area (TPSA) is 165 Å². The number of likely N-dealkylation sites (tertiary alicyclic amines) is 1. The van der Waals surface area contributed by atoms with Crippen molar-refractivity contribution in [2.45, 2.75) is 96.2 Å². The van der Waals surface area contributed by atoms with Gasteiger partial charge in [-0.1, -0.05) is 0 Å². The molecular formula is C23H41N5O5. The molecule has 0 bridgehead atoms. The molecular weight excluding hydrogens is 426 g/mol. The molecule has 3 amide bonds. The van der Waals surface area contributed by atoms with Crippen LogP contribution in [0.15, 0.2) is 0 Å². The Balaban J connectivity index is 2.75. The lowest BCUT2D eigenvalue weighted by Crippen LogP contribution is -2.52. The summed E-state index contributed by atoms with van der Waals surface area (Å²) in [6.45, 7) is 4.37. The van der Waals surface area contributed by atoms with E-state index in [1.54, 1.807) is 4.90 Å². The van der Waals surface area contributed by atoms with Gasteiger partial charge in [0.15, 0.2) is 5.78 Å². The number of Topliss-reactive ketones (excluding diaryl/α,β-unsaturated/α-hetero) is 2. The number of ketones is 2. The van der Waals surface area contributed by atoms with Crippen molar-refractivity contribution in [3.05, 3.63) is 0 Å². The van der Waals surface area contributed by atoms with Crippen molar-refractivity contribution >= 4 is 29.3 Å². The normalized spacial score (nSPS) is 17.3. The zero-order chi connectivity index (χ0) is 24.8. The highest BCUT2D eigenvalue weighted by atomic mass is 16.2. The first kappa shape index (κ1) is 28.7. The van der Waals surface area contributed by atoms with Gasteiger partial charge >= 0.3 is 0 Å². The lowest BCUT2D eigenvalue weighted by molar-refractivity contribution is -0.134. The number of carbonyl (C=O) groups excluding carboxylic acids is 5. The molecule has 1 saturated heterocycles. The van der Waals surface area contributed by atoms with E-state index in [1.807, 2.05) is 0 Å². The quantitative estimate of drug-likeness (QED) is 0.235. The van der Waals surface area contributed by atoms with Crippen LogP contribution >= 0.6 is 0 Å². The molecule has 3 unspecified atom stereocenters. The molecule has 10 heteroatoms. The Hall–Kier alpha value is -2.33. The van der Waals surface area contributed by atoms with Gasteiger partial charge in [0.25, 0.3) is 0 Å². The van der Waals surface area contributed by atoms with Crippen molar-refractivity contribution in [1.29, 1.82) is 0 Å². The molecule has 6 N–H and O–H groups in total. The first-order chi connectivity index (χ1) is 15.7. The van der Waals surface area contributed by atoms with Crippen LogP contribution in [0.2, 0.25) is 0 Å². The molecule has 0 aromatic carbocycles. The Morgan fingerprint density at radius 3 is 2.21 bits per heavy atom. The van der Waals surface area contributed by atoms with Crippen molar-refractivity contribution in [3.8, 4) is 0 Å². The number of nitrogens with zero attached hydrogens (tertiary/aromatic N) is 1. The standard InChI is InChI=1S/C23H41N5O5/c1-16(29)10-11-20(23(33)27-19(17(2)30)8-5-13-25)26-21(31)15-18-7-6-14-28(18)22(32)9-3-4-12-24/h18-20H,3-15,24-25H2,1-2H3,(H,26,31)(H,27,33). The van der Waals surface area contributed by atoms with Crippen LogP contribution < -0.4 is 22.1 Å². The Bertz CT molecular complexity index is 684. The third-order valence-corrected chi connectivity index (χ3v) is 5.90. The minimum atomic E-state index is -0.934. The number of nitrogens with one attached hydrogen (secondary N) is 2. The average Bonchev–Trinajstić information content (AvgIpc) is 3.21. The molecule has 0 aromatic rings. The minimum absolute atomic E-state index is 0.0221. The molecule has 0 aliphatic carbocycles. The molecule has 33 heavy (non-hydrogen) atoms. The number of unbranched alkanes of at least 4 members (excludes halogenated alkanes) is 1. The number of hydrogen-bond donors (Lipinski definition) is 4. The third kappa shape index (κ3) is 10.9. The highest BCUT2D eigenvalue weighted by Crippen LogP contribution is 2.22. The summed E-state index contributed by atoms with van der Waals surface area (Å²) in [6, 6.07) is -1.83. The van der Waals surface area contributed by atoms with Gasteiger partial charge in [0.2, 0.25) is 17.7 Å². The van der Waals surface area contributed by atoms with E-state index in [4.69, 9.17) is 11.5 Å². The fourth-order valence-electron chi connectivity index (χ4n) is 4.00. The van der Waals surface area contributed by atoms with Crippen molar-refractivity contribution < 1.29 is 24.0 Å². The van der Waals surface area contributed by atoms with Gasteiger partial charge in [-0.25, -0.2) is 0 Å². The Morgan fingerprint density at radius 2 is 1.61 bits per heavy atom. The van der Waals surface area contributed by atoms with Gasteiger partial charge in [-0.05, 0) is 71.9 Å². The maximum Gasteiger partial charge on any atom is 0.243 e. The largest absolute Gasteiger partial charge is 0.345 e. The predicted octanol–water partition coefficient (Wildman–Crippen LogP) is 0.163. The van der Waals surface area contributed by atoms with Gasteiger partial charge < -0.3 is 31.8 Å². The molecule has 1 heterocycles. The van der Waals surface area contributed by atoms with Crippen molar-refractivity contribution in [1.82, 2.24) is 15.5 Å². The van der Waals surface area contributed by atoms with Gasteiger partial charge in [0.1, 0.15) is 11.8 Å². The van der Waals surface area contributed by atoms with E-state index in [2.05, 4.69) is 10.6 Å². The summed E-state index contributed by atoms with van der Waals surface area (Å²) in [5, 5.41) is 5.40. The van der Waals surface area contributed by atoms with Gasteiger partial charge in [0, 0.05) is 31.8 Å². The van der Waals surface area contributed by atoms with E-state index in [9.17, 15) is 24.0 Å². The number of rotatable bonds is 16. The molecule has 0 saturated carbocycles. The summed E-state index contributed by atoms with van der Waals surface area (Å²) >= 11 is 0. The van der Waals surface area contributed by atoms with Crippen LogP contribution in [0.1, 0.15) is 78.1 Å². The first-order valence-corrected chi connectivity index (χ1v) is 12.0. The number of nitrogens with two attached hydrogens (primary N) is 2. The van der Waals surface area contributed by atoms with E-state index in [1.165, 1.54) is 13.8 Å². The second kappa shape index (κ2) is 15.5. The molecule has 10 nitrogen and oxygen atoms in total. The average molecular weight is 468 g/mol. The second-order valence-electron chi connectivity index (χ2n) is 8.80. The lowest BCUT2D eigenvalue weighted by atomic mass is 10.0. The molecule has 0 aromatic heterocycles. The van der Waals surface area contributed by atoms with Crippen molar-refractivity contribution in [3.63, 3.8) is 0 Å². The van der Waals surface area contributed by atoms with E-state index in [0.717, 1.165) is 25.7 Å². The summed E-state index contributed by atoms with van der Waals surface area (Å²) in [5.74, 6) is -1.12. The van der Waals surface area contributed by atoms with Crippen molar-refractivity contribution in [2.75, 3.05) is 19.6 Å². The molecule has 0 radical (unpaired) electrons. The van der Waals surface area contributed by atoms with Crippen LogP contribution in [-0.4, -0.2) is 71.9 Å². The SMILES string of the molecule is CC(=O)CCC(NC(=O)CC1CCCN1C(=O)CCCCN)C(=O)NC(CCCN)C(C)=O. The van der Waals surface area contributed by atoms with Gasteiger partial charge in [-0.2, -0.15) is 0 Å². The fourth-order valence-corrected chi connectivity index (χ4v) is 4.00. The molecule has 0 spiro atoms. The van der Waals surface area contributed by atoms with Crippen molar-refractivity contribution in [2.24, 2.45) is 11.5 Å². The van der Waals surface area contributed by atoms with E-state index >= 15 is 0 Å². The number of amides is 3. The Labute approximate surface area is 196 Å². The van der Waals surface area contributed by atoms with Gasteiger partial charge in [-0.15, -0.1) is 0 Å². The predicted molar refractivity (Wildman–Crippen MR) is 125 cm³/mol. The highest BCUT2D eigenvalue weighted by molar-refractivity contribution is 5.92. The maximum atomic E-state index is 12.8. The van der Waals surface area contributed by atoms with E-state index in [0.29, 0.717) is 38.9 Å². The molecule has 1 aliphatic heterocycles. The van der Waals surface area contributed by atoms with Crippen LogP contribution in [-0.2, 0) is 24.0 Å². The summed E-state index contributed by atoms with van der Waals surface area (Å²) in [5.41, 5.74) is 11.0. The van der Waals surface area contributed by atoms with E-state index in [-0.39, 0.29) is 48.7 Å². The fraction of sp³-hybridized carbons (Fsp3) is 0.783. The maximum absolute atomic E-state index is 12.8. The molecule has 3 atom stereocenters. The zero-order valence-corrected chi connectivity index (χ0v) is 20.1. The monoisotopic (exact) mass is 467 g/mol. The van der Waals surface area contributed by atoms with Crippen LogP contribution in [0, 0.1) is 0 Å². The summed E-state index contributed by atoms with van der Waals surface area (Å²) in [4.78, 5) is 63.2. The minimum Gasteiger partial charge on any atom is -0.345 e. The third-order valence-electron chi connectivity index (χ3n) is 5.90. The van der Waals surface area contributed by atoms with E-state index < -0.39 is 18.0 Å². The van der Waals surface area contributed by atoms with Crippen LogP contribution in [0.5, 0.6) is 0 Å². The lowest BCUT2D eigenvalue weighted by Gasteiger charge is -2.26. The highest BCUT2D eigenvalue weighted by Gasteiger charge is 2.31. The Morgan fingerprint density at radius 1 is 0.909 bits per heavy atom. The molecule has 1 aliphatic rings. The number of carbonyl (C=O) groups is 5. The zero-order valence-electron chi connectivity index (χ0n) is 20.1.